The summed E-state index contributed by atoms with van der Waals surface area (Å²) in [7, 11) is 3.06. The van der Waals surface area contributed by atoms with E-state index >= 15 is 0 Å². The van der Waals surface area contributed by atoms with Crippen LogP contribution in [0.5, 0.6) is 11.5 Å². The molecular weight excluding hydrogens is 348 g/mol. The number of benzene rings is 1. The van der Waals surface area contributed by atoms with Gasteiger partial charge in [0.2, 0.25) is 5.88 Å². The molecule has 0 fully saturated rings. The number of nitriles is 1. The Morgan fingerprint density at radius 2 is 1.96 bits per heavy atom. The Kier molecular flexibility index (Phi) is 6.72. The van der Waals surface area contributed by atoms with Crippen molar-refractivity contribution >= 4 is 5.97 Å². The predicted molar refractivity (Wildman–Crippen MR) is 98.8 cm³/mol. The first-order chi connectivity index (χ1) is 13.0. The molecule has 0 radical (unpaired) electrons. The van der Waals surface area contributed by atoms with Crippen molar-refractivity contribution in [2.75, 3.05) is 20.8 Å². The van der Waals surface area contributed by atoms with Gasteiger partial charge in [0.1, 0.15) is 17.4 Å². The van der Waals surface area contributed by atoms with Crippen LogP contribution in [-0.2, 0) is 14.3 Å². The van der Waals surface area contributed by atoms with Crippen molar-refractivity contribution in [1.82, 2.24) is 0 Å². The van der Waals surface area contributed by atoms with Gasteiger partial charge in [-0.2, -0.15) is 5.26 Å². The number of nitrogens with zero attached hydrogens (tertiary/aromatic N) is 1. The van der Waals surface area contributed by atoms with E-state index in [-0.39, 0.29) is 23.6 Å². The molecule has 1 aromatic rings. The van der Waals surface area contributed by atoms with E-state index < -0.39 is 11.9 Å². The van der Waals surface area contributed by atoms with Gasteiger partial charge < -0.3 is 24.7 Å². The highest BCUT2D eigenvalue weighted by Crippen LogP contribution is 2.43. The molecular formula is C20H24N2O5. The highest BCUT2D eigenvalue weighted by molar-refractivity contribution is 5.92. The third-order valence-electron chi connectivity index (χ3n) is 4.21. The SMILES string of the molecule is CCCC1=C(C(=O)OCC)[C@@H](c2ccc(OC)c(OC)c2)C(C#N)=C(N)O1. The molecule has 27 heavy (non-hydrogen) atoms. The fraction of sp³-hybridized carbons (Fsp3) is 0.400. The summed E-state index contributed by atoms with van der Waals surface area (Å²) >= 11 is 0. The summed E-state index contributed by atoms with van der Waals surface area (Å²) in [4.78, 5) is 12.7. The first kappa shape index (κ1) is 20.2. The number of hydrogen-bond donors (Lipinski definition) is 1. The molecule has 1 aliphatic heterocycles. The third kappa shape index (κ3) is 4.00. The molecule has 2 N–H and O–H groups in total. The average molecular weight is 372 g/mol. The maximum absolute atomic E-state index is 12.7. The molecule has 7 heteroatoms. The number of methoxy groups -OCH3 is 2. The second kappa shape index (κ2) is 8.99. The first-order valence-corrected chi connectivity index (χ1v) is 8.71. The quantitative estimate of drug-likeness (QED) is 0.733. The first-order valence-electron chi connectivity index (χ1n) is 8.71. The molecule has 0 amide bonds. The van der Waals surface area contributed by atoms with Crippen LogP contribution in [0.25, 0.3) is 0 Å². The molecule has 0 saturated carbocycles. The summed E-state index contributed by atoms with van der Waals surface area (Å²) in [5.41, 5.74) is 7.10. The molecule has 0 aromatic heterocycles. The van der Waals surface area contributed by atoms with Gasteiger partial charge in [0.05, 0.1) is 32.3 Å². The van der Waals surface area contributed by atoms with E-state index in [1.807, 2.05) is 6.92 Å². The van der Waals surface area contributed by atoms with E-state index in [2.05, 4.69) is 6.07 Å². The van der Waals surface area contributed by atoms with Gasteiger partial charge in [0.15, 0.2) is 11.5 Å². The van der Waals surface area contributed by atoms with Gasteiger partial charge in [0.25, 0.3) is 0 Å². The maximum atomic E-state index is 12.7. The van der Waals surface area contributed by atoms with E-state index in [1.165, 1.54) is 14.2 Å². The smallest absolute Gasteiger partial charge is 0.338 e. The second-order valence-corrected chi connectivity index (χ2v) is 5.85. The van der Waals surface area contributed by atoms with Crippen molar-refractivity contribution in [2.45, 2.75) is 32.6 Å². The molecule has 1 atom stereocenters. The predicted octanol–water partition coefficient (Wildman–Crippen LogP) is 3.13. The molecule has 1 heterocycles. The minimum absolute atomic E-state index is 0.00576. The maximum Gasteiger partial charge on any atom is 0.338 e. The number of ether oxygens (including phenoxy) is 4. The molecule has 0 unspecified atom stereocenters. The summed E-state index contributed by atoms with van der Waals surface area (Å²) in [6.45, 7) is 3.90. The number of esters is 1. The molecule has 1 aliphatic rings. The van der Waals surface area contributed by atoms with Crippen LogP contribution >= 0.6 is 0 Å². The van der Waals surface area contributed by atoms with E-state index in [0.29, 0.717) is 29.2 Å². The number of nitrogens with two attached hydrogens (primary N) is 1. The molecule has 1 aromatic carbocycles. The molecule has 0 bridgehead atoms. The summed E-state index contributed by atoms with van der Waals surface area (Å²) in [5.74, 6) is 0.211. The van der Waals surface area contributed by atoms with Gasteiger partial charge >= 0.3 is 5.97 Å². The van der Waals surface area contributed by atoms with E-state index in [1.54, 1.807) is 25.1 Å². The third-order valence-corrected chi connectivity index (χ3v) is 4.21. The molecule has 0 aliphatic carbocycles. The largest absolute Gasteiger partial charge is 0.493 e. The van der Waals surface area contributed by atoms with Crippen LogP contribution in [-0.4, -0.2) is 26.8 Å². The zero-order valence-electron chi connectivity index (χ0n) is 16.0. The molecule has 0 saturated heterocycles. The molecule has 2 rings (SSSR count). The fourth-order valence-electron chi connectivity index (χ4n) is 3.03. The van der Waals surface area contributed by atoms with E-state index in [4.69, 9.17) is 24.7 Å². The second-order valence-electron chi connectivity index (χ2n) is 5.85. The number of rotatable bonds is 7. The van der Waals surface area contributed by atoms with Gasteiger partial charge in [0, 0.05) is 6.42 Å². The number of carbonyl (C=O) groups excluding carboxylic acids is 1. The summed E-state index contributed by atoms with van der Waals surface area (Å²) < 4.78 is 21.5. The Morgan fingerprint density at radius 3 is 2.52 bits per heavy atom. The van der Waals surface area contributed by atoms with Crippen LogP contribution in [0.4, 0.5) is 0 Å². The van der Waals surface area contributed by atoms with Crippen LogP contribution in [0.3, 0.4) is 0 Å². The highest BCUT2D eigenvalue weighted by Gasteiger charge is 2.37. The number of allylic oxidation sites excluding steroid dienone is 2. The monoisotopic (exact) mass is 372 g/mol. The van der Waals surface area contributed by atoms with Crippen LogP contribution in [0.2, 0.25) is 0 Å². The Hall–Kier alpha value is -3.14. The van der Waals surface area contributed by atoms with E-state index in [9.17, 15) is 10.1 Å². The lowest BCUT2D eigenvalue weighted by Crippen LogP contribution is -2.26. The van der Waals surface area contributed by atoms with Crippen molar-refractivity contribution in [3.63, 3.8) is 0 Å². The summed E-state index contributed by atoms with van der Waals surface area (Å²) in [6.07, 6.45) is 1.24. The lowest BCUT2D eigenvalue weighted by molar-refractivity contribution is -0.139. The van der Waals surface area contributed by atoms with Crippen molar-refractivity contribution < 1.29 is 23.7 Å². The highest BCUT2D eigenvalue weighted by atomic mass is 16.5. The molecule has 144 valence electrons. The van der Waals surface area contributed by atoms with Gasteiger partial charge in [-0.25, -0.2) is 4.79 Å². The van der Waals surface area contributed by atoms with Crippen LogP contribution < -0.4 is 15.2 Å². The topological polar surface area (TPSA) is 104 Å². The van der Waals surface area contributed by atoms with Crippen LogP contribution in [0.15, 0.2) is 41.0 Å². The molecule has 0 spiro atoms. The average Bonchev–Trinajstić information content (AvgIpc) is 2.67. The lowest BCUT2D eigenvalue weighted by Gasteiger charge is -2.28. The van der Waals surface area contributed by atoms with Gasteiger partial charge in [-0.3, -0.25) is 0 Å². The normalized spacial score (nSPS) is 16.5. The lowest BCUT2D eigenvalue weighted by atomic mass is 9.82. The van der Waals surface area contributed by atoms with Gasteiger partial charge in [-0.1, -0.05) is 13.0 Å². The minimum Gasteiger partial charge on any atom is -0.493 e. The Balaban J connectivity index is 2.69. The zero-order chi connectivity index (χ0) is 20.0. The fourth-order valence-corrected chi connectivity index (χ4v) is 3.03. The minimum atomic E-state index is -0.704. The Bertz CT molecular complexity index is 820. The summed E-state index contributed by atoms with van der Waals surface area (Å²) in [6, 6.07) is 7.29. The van der Waals surface area contributed by atoms with Crippen LogP contribution in [0, 0.1) is 11.3 Å². The molecule has 7 nitrogen and oxygen atoms in total. The van der Waals surface area contributed by atoms with Crippen molar-refractivity contribution in [1.29, 1.82) is 5.26 Å². The number of hydrogen-bond acceptors (Lipinski definition) is 7. The Labute approximate surface area is 159 Å². The standard InChI is InChI=1S/C20H24N2O5/c1-5-7-15-18(20(23)26-6-2)17(13(11-21)19(22)27-15)12-8-9-14(24-3)16(10-12)25-4/h8-10,17H,5-7,22H2,1-4H3/t17-/m0/s1. The van der Waals surface area contributed by atoms with Gasteiger partial charge in [-0.05, 0) is 31.0 Å². The van der Waals surface area contributed by atoms with Gasteiger partial charge in [-0.15, -0.1) is 0 Å². The van der Waals surface area contributed by atoms with Crippen molar-refractivity contribution in [3.05, 3.63) is 46.6 Å². The van der Waals surface area contributed by atoms with Crippen molar-refractivity contribution in [3.8, 4) is 17.6 Å². The van der Waals surface area contributed by atoms with E-state index in [0.717, 1.165) is 6.42 Å². The number of carbonyl (C=O) groups is 1. The van der Waals surface area contributed by atoms with Crippen molar-refractivity contribution in [2.24, 2.45) is 5.73 Å². The van der Waals surface area contributed by atoms with Crippen LogP contribution in [0.1, 0.15) is 38.2 Å². The summed E-state index contributed by atoms with van der Waals surface area (Å²) in [5, 5.41) is 9.67. The zero-order valence-corrected chi connectivity index (χ0v) is 16.0. The Morgan fingerprint density at radius 1 is 1.26 bits per heavy atom.